The number of nitrogen functional groups attached to an aromatic ring is 1. The van der Waals surface area contributed by atoms with Crippen molar-refractivity contribution in [1.82, 2.24) is 9.55 Å². The molecule has 0 radical (unpaired) electrons. The number of aliphatic hydroxyl groups excluding tert-OH is 3. The molecular weight excluding hydrogens is 228 g/mol. The standard InChI is InChI=1S/C9H12N4O4/c1-11-8-7(10)13(3-12-8)9-6(16)5(15)4(2-14)17-9/h3-6,9,14-16H,2,10H2. The van der Waals surface area contributed by atoms with Gasteiger partial charge in [-0.05, 0) is 0 Å². The fraction of sp³-hybridized carbons (Fsp3) is 0.556. The highest BCUT2D eigenvalue weighted by molar-refractivity contribution is 5.58. The molecule has 0 aliphatic carbocycles. The first-order valence-electron chi connectivity index (χ1n) is 4.92. The van der Waals surface area contributed by atoms with Crippen molar-refractivity contribution in [3.8, 4) is 0 Å². The number of hydrogen-bond acceptors (Lipinski definition) is 6. The van der Waals surface area contributed by atoms with Gasteiger partial charge in [-0.3, -0.25) is 4.57 Å². The predicted octanol–water partition coefficient (Wildman–Crippen LogP) is -1.37. The third kappa shape index (κ3) is 1.75. The van der Waals surface area contributed by atoms with Crippen LogP contribution in [0, 0.1) is 6.57 Å². The third-order valence-electron chi connectivity index (χ3n) is 2.71. The minimum absolute atomic E-state index is 0.00254. The Bertz CT molecular complexity index is 454. The zero-order chi connectivity index (χ0) is 12.6. The van der Waals surface area contributed by atoms with E-state index < -0.39 is 31.1 Å². The highest BCUT2D eigenvalue weighted by Gasteiger charge is 2.44. The van der Waals surface area contributed by atoms with Gasteiger partial charge in [0, 0.05) is 0 Å². The summed E-state index contributed by atoms with van der Waals surface area (Å²) in [7, 11) is 0. The van der Waals surface area contributed by atoms with Gasteiger partial charge in [0.05, 0.1) is 6.61 Å². The molecule has 8 heteroatoms. The maximum Gasteiger partial charge on any atom is 0.311 e. The normalized spacial score (nSPS) is 32.6. The van der Waals surface area contributed by atoms with E-state index in [0.29, 0.717) is 0 Å². The van der Waals surface area contributed by atoms with Crippen LogP contribution in [-0.4, -0.2) is 49.8 Å². The Hall–Kier alpha value is -1.66. The molecule has 4 unspecified atom stereocenters. The van der Waals surface area contributed by atoms with Crippen molar-refractivity contribution in [3.05, 3.63) is 17.7 Å². The average molecular weight is 240 g/mol. The molecule has 5 N–H and O–H groups in total. The summed E-state index contributed by atoms with van der Waals surface area (Å²) in [5.74, 6) is 0.0533. The molecule has 1 aliphatic heterocycles. The lowest BCUT2D eigenvalue weighted by atomic mass is 10.1. The third-order valence-corrected chi connectivity index (χ3v) is 2.71. The fourth-order valence-electron chi connectivity index (χ4n) is 1.76. The van der Waals surface area contributed by atoms with Crippen LogP contribution in [0.5, 0.6) is 0 Å². The molecule has 1 aliphatic rings. The molecule has 0 aromatic carbocycles. The molecule has 92 valence electrons. The Morgan fingerprint density at radius 1 is 1.53 bits per heavy atom. The Labute approximate surface area is 96.7 Å². The topological polar surface area (TPSA) is 118 Å². The minimum atomic E-state index is -1.23. The Balaban J connectivity index is 2.29. The Morgan fingerprint density at radius 2 is 2.24 bits per heavy atom. The number of anilines is 1. The molecular formula is C9H12N4O4. The second kappa shape index (κ2) is 4.31. The van der Waals surface area contributed by atoms with Crippen molar-refractivity contribution in [2.45, 2.75) is 24.5 Å². The van der Waals surface area contributed by atoms with Crippen LogP contribution in [0.2, 0.25) is 0 Å². The van der Waals surface area contributed by atoms with Crippen LogP contribution in [0.3, 0.4) is 0 Å². The van der Waals surface area contributed by atoms with E-state index in [1.807, 2.05) is 0 Å². The van der Waals surface area contributed by atoms with Crippen LogP contribution >= 0.6 is 0 Å². The van der Waals surface area contributed by atoms with Gasteiger partial charge in [0.15, 0.2) is 12.6 Å². The summed E-state index contributed by atoms with van der Waals surface area (Å²) in [5, 5.41) is 28.3. The highest BCUT2D eigenvalue weighted by atomic mass is 16.6. The van der Waals surface area contributed by atoms with E-state index in [9.17, 15) is 10.2 Å². The maximum absolute atomic E-state index is 9.75. The summed E-state index contributed by atoms with van der Waals surface area (Å²) in [6.07, 6.45) is -3.02. The van der Waals surface area contributed by atoms with E-state index in [2.05, 4.69) is 9.83 Å². The molecule has 2 rings (SSSR count). The smallest absolute Gasteiger partial charge is 0.311 e. The van der Waals surface area contributed by atoms with Crippen LogP contribution in [0.4, 0.5) is 11.6 Å². The molecule has 0 saturated carbocycles. The number of aliphatic hydroxyl groups is 3. The number of aromatic nitrogens is 2. The van der Waals surface area contributed by atoms with Gasteiger partial charge in [-0.2, -0.15) is 0 Å². The van der Waals surface area contributed by atoms with Gasteiger partial charge in [0.25, 0.3) is 0 Å². The summed E-state index contributed by atoms with van der Waals surface area (Å²) in [6, 6.07) is 0. The monoisotopic (exact) mass is 240 g/mol. The van der Waals surface area contributed by atoms with Crippen LogP contribution in [-0.2, 0) is 4.74 Å². The molecule has 1 saturated heterocycles. The van der Waals surface area contributed by atoms with E-state index in [-0.39, 0.29) is 11.6 Å². The number of hydrogen-bond donors (Lipinski definition) is 4. The zero-order valence-corrected chi connectivity index (χ0v) is 8.76. The Morgan fingerprint density at radius 3 is 2.71 bits per heavy atom. The van der Waals surface area contributed by atoms with E-state index in [4.69, 9.17) is 22.1 Å². The summed E-state index contributed by atoms with van der Waals surface area (Å²) in [5.41, 5.74) is 5.64. The molecule has 1 aromatic rings. The van der Waals surface area contributed by atoms with E-state index in [1.165, 1.54) is 10.9 Å². The number of nitrogens with two attached hydrogens (primary N) is 1. The van der Waals surface area contributed by atoms with Gasteiger partial charge in [-0.1, -0.05) is 6.57 Å². The summed E-state index contributed by atoms with van der Waals surface area (Å²) in [4.78, 5) is 6.83. The molecule has 0 spiro atoms. The largest absolute Gasteiger partial charge is 0.394 e. The SMILES string of the molecule is [C-]#[N+]c1ncn(C2OC(CO)C(O)C2O)c1N. The lowest BCUT2D eigenvalue weighted by Gasteiger charge is -2.16. The van der Waals surface area contributed by atoms with E-state index in [0.717, 1.165) is 0 Å². The predicted molar refractivity (Wildman–Crippen MR) is 55.9 cm³/mol. The molecule has 1 aromatic heterocycles. The average Bonchev–Trinajstić information content (AvgIpc) is 2.82. The maximum atomic E-state index is 9.75. The lowest BCUT2D eigenvalue weighted by molar-refractivity contribution is -0.0517. The minimum Gasteiger partial charge on any atom is -0.394 e. The summed E-state index contributed by atoms with van der Waals surface area (Å²) < 4.78 is 6.51. The first-order chi connectivity index (χ1) is 8.10. The number of nitrogens with zero attached hydrogens (tertiary/aromatic N) is 3. The second-order valence-corrected chi connectivity index (χ2v) is 3.70. The first-order valence-corrected chi connectivity index (χ1v) is 4.92. The van der Waals surface area contributed by atoms with Crippen molar-refractivity contribution in [2.24, 2.45) is 0 Å². The lowest BCUT2D eigenvalue weighted by Crippen LogP contribution is -2.33. The van der Waals surface area contributed by atoms with Gasteiger partial charge in [0.2, 0.25) is 0 Å². The fourth-order valence-corrected chi connectivity index (χ4v) is 1.76. The molecule has 0 amide bonds. The first kappa shape index (κ1) is 11.8. The second-order valence-electron chi connectivity index (χ2n) is 3.70. The highest BCUT2D eigenvalue weighted by Crippen LogP contribution is 2.33. The van der Waals surface area contributed by atoms with Gasteiger partial charge < -0.3 is 30.6 Å². The van der Waals surface area contributed by atoms with Crippen molar-refractivity contribution in [1.29, 1.82) is 0 Å². The van der Waals surface area contributed by atoms with Crippen molar-refractivity contribution in [2.75, 3.05) is 12.3 Å². The number of ether oxygens (including phenoxy) is 1. The summed E-state index contributed by atoms with van der Waals surface area (Å²) in [6.45, 7) is 6.39. The van der Waals surface area contributed by atoms with Crippen LogP contribution in [0.15, 0.2) is 6.33 Å². The van der Waals surface area contributed by atoms with Gasteiger partial charge >= 0.3 is 5.82 Å². The zero-order valence-electron chi connectivity index (χ0n) is 8.76. The van der Waals surface area contributed by atoms with Gasteiger partial charge in [-0.25, -0.2) is 0 Å². The molecule has 8 nitrogen and oxygen atoms in total. The van der Waals surface area contributed by atoms with Crippen molar-refractivity contribution < 1.29 is 20.1 Å². The quantitative estimate of drug-likeness (QED) is 0.473. The Kier molecular flexibility index (Phi) is 2.99. The molecule has 1 fully saturated rings. The van der Waals surface area contributed by atoms with Gasteiger partial charge in [0.1, 0.15) is 24.1 Å². The van der Waals surface area contributed by atoms with Crippen LogP contribution in [0.25, 0.3) is 4.85 Å². The molecule has 4 atom stereocenters. The van der Waals surface area contributed by atoms with E-state index in [1.54, 1.807) is 0 Å². The molecule has 0 bridgehead atoms. The molecule has 2 heterocycles. The molecule has 17 heavy (non-hydrogen) atoms. The number of imidazole rings is 1. The van der Waals surface area contributed by atoms with Gasteiger partial charge in [-0.15, -0.1) is 4.98 Å². The van der Waals surface area contributed by atoms with Crippen LogP contribution < -0.4 is 5.73 Å². The van der Waals surface area contributed by atoms with Crippen molar-refractivity contribution >= 4 is 11.6 Å². The van der Waals surface area contributed by atoms with Crippen molar-refractivity contribution in [3.63, 3.8) is 0 Å². The number of rotatable bonds is 2. The summed E-state index contributed by atoms with van der Waals surface area (Å²) >= 11 is 0. The van der Waals surface area contributed by atoms with Crippen LogP contribution in [0.1, 0.15) is 6.23 Å². The van der Waals surface area contributed by atoms with E-state index >= 15 is 0 Å².